The van der Waals surface area contributed by atoms with Gasteiger partial charge in [0.15, 0.2) is 0 Å². The largest absolute Gasteiger partial charge is 0.488 e. The van der Waals surface area contributed by atoms with E-state index in [1.807, 2.05) is 55.5 Å². The molecule has 0 aliphatic rings. The fraction of sp³-hybridized carbons (Fsp3) is 0.222. The summed E-state index contributed by atoms with van der Waals surface area (Å²) in [6.07, 6.45) is 3.37. The number of ether oxygens (including phenoxy) is 1. The molecule has 0 fully saturated rings. The number of nitrogens with one attached hydrogen (secondary N) is 1. The maximum atomic E-state index is 12.1. The van der Waals surface area contributed by atoms with E-state index in [-0.39, 0.29) is 4.24 Å². The lowest BCUT2D eigenvalue weighted by Gasteiger charge is -2.12. The van der Waals surface area contributed by atoms with E-state index in [9.17, 15) is 8.42 Å². The molecule has 0 heterocycles. The van der Waals surface area contributed by atoms with Gasteiger partial charge in [-0.1, -0.05) is 42.5 Å². The fourth-order valence-corrected chi connectivity index (χ4v) is 3.95. The van der Waals surface area contributed by atoms with E-state index in [2.05, 4.69) is 4.72 Å². The number of rotatable bonds is 7. The van der Waals surface area contributed by atoms with E-state index in [1.165, 1.54) is 18.8 Å². The third-order valence-electron chi connectivity index (χ3n) is 3.41. The summed E-state index contributed by atoms with van der Waals surface area (Å²) in [7, 11) is -2.08. The van der Waals surface area contributed by atoms with Gasteiger partial charge in [0.25, 0.3) is 0 Å². The lowest BCUT2D eigenvalue weighted by molar-refractivity contribution is 0.305. The summed E-state index contributed by atoms with van der Waals surface area (Å²) in [5.74, 6) is 0.664. The van der Waals surface area contributed by atoms with Crippen LogP contribution < -0.4 is 9.46 Å². The Morgan fingerprint density at radius 2 is 1.92 bits per heavy atom. The molecule has 0 bridgehead atoms. The Labute approximate surface area is 148 Å². The van der Waals surface area contributed by atoms with Gasteiger partial charge in [0, 0.05) is 5.56 Å². The molecule has 2 rings (SSSR count). The first-order chi connectivity index (χ1) is 11.5. The van der Waals surface area contributed by atoms with Crippen molar-refractivity contribution in [3.8, 4) is 5.75 Å². The number of thioether (sulfide) groups is 1. The van der Waals surface area contributed by atoms with Gasteiger partial charge in [-0.15, -0.1) is 11.8 Å². The summed E-state index contributed by atoms with van der Waals surface area (Å²) in [5, 5.41) is 0. The topological polar surface area (TPSA) is 55.4 Å². The quantitative estimate of drug-likeness (QED) is 0.813. The standard InChI is InChI=1S/C18H21NO3S2/c1-14-9-10-16(12-18(23-3)24(20,21)19-2)17(11-14)22-13-15-7-5-4-6-8-15/h4-12,19H,13H2,1-3H3/b18-12+. The zero-order valence-corrected chi connectivity index (χ0v) is 15.6. The van der Waals surface area contributed by atoms with Crippen molar-refractivity contribution in [2.45, 2.75) is 13.5 Å². The number of sulfonamides is 1. The van der Waals surface area contributed by atoms with E-state index >= 15 is 0 Å². The number of hydrogen-bond acceptors (Lipinski definition) is 4. The third-order valence-corrected chi connectivity index (χ3v) is 6.28. The Balaban J connectivity index is 2.33. The Kier molecular flexibility index (Phi) is 6.48. The van der Waals surface area contributed by atoms with Gasteiger partial charge in [-0.25, -0.2) is 13.1 Å². The normalized spacial score (nSPS) is 12.2. The monoisotopic (exact) mass is 363 g/mol. The van der Waals surface area contributed by atoms with Crippen molar-refractivity contribution in [3.05, 3.63) is 69.5 Å². The molecule has 2 aromatic rings. The molecule has 128 valence electrons. The molecule has 4 nitrogen and oxygen atoms in total. The van der Waals surface area contributed by atoms with Crippen LogP contribution in [0.3, 0.4) is 0 Å². The highest BCUT2D eigenvalue weighted by atomic mass is 32.3. The second kappa shape index (κ2) is 8.37. The summed E-state index contributed by atoms with van der Waals surface area (Å²) in [6.45, 7) is 2.40. The minimum atomic E-state index is -3.48. The Hall–Kier alpha value is -1.76. The van der Waals surface area contributed by atoms with Crippen LogP contribution in [-0.4, -0.2) is 21.7 Å². The molecule has 6 heteroatoms. The Morgan fingerprint density at radius 1 is 1.21 bits per heavy atom. The van der Waals surface area contributed by atoms with E-state index in [0.29, 0.717) is 12.4 Å². The van der Waals surface area contributed by atoms with Crippen molar-refractivity contribution >= 4 is 27.9 Å². The Morgan fingerprint density at radius 3 is 2.54 bits per heavy atom. The van der Waals surface area contributed by atoms with E-state index in [1.54, 1.807) is 12.3 Å². The van der Waals surface area contributed by atoms with Crippen LogP contribution in [0.2, 0.25) is 0 Å². The van der Waals surface area contributed by atoms with Crippen LogP contribution in [0.5, 0.6) is 5.75 Å². The van der Waals surface area contributed by atoms with Gasteiger partial charge >= 0.3 is 0 Å². The SMILES string of the molecule is CNS(=O)(=O)/C(=C/c1ccc(C)cc1OCc1ccccc1)SC. The first kappa shape index (κ1) is 18.6. The predicted octanol–water partition coefficient (Wildman–Crippen LogP) is 3.78. The predicted molar refractivity (Wildman–Crippen MR) is 101 cm³/mol. The van der Waals surface area contributed by atoms with Gasteiger partial charge < -0.3 is 4.74 Å². The molecule has 2 aromatic carbocycles. The average molecular weight is 364 g/mol. The van der Waals surface area contributed by atoms with Gasteiger partial charge in [0.1, 0.15) is 16.6 Å². The lowest BCUT2D eigenvalue weighted by atomic mass is 10.1. The highest BCUT2D eigenvalue weighted by Gasteiger charge is 2.15. The molecule has 0 saturated carbocycles. The lowest BCUT2D eigenvalue weighted by Crippen LogP contribution is -2.18. The average Bonchev–Trinajstić information content (AvgIpc) is 2.59. The molecule has 1 N–H and O–H groups in total. The zero-order chi connectivity index (χ0) is 17.6. The van der Waals surface area contributed by atoms with Gasteiger partial charge in [-0.2, -0.15) is 0 Å². The summed E-state index contributed by atoms with van der Waals surface area (Å²) in [4.78, 5) is 0. The minimum absolute atomic E-state index is 0.249. The smallest absolute Gasteiger partial charge is 0.246 e. The number of hydrogen-bond donors (Lipinski definition) is 1. The summed E-state index contributed by atoms with van der Waals surface area (Å²) in [5.41, 5.74) is 2.85. The zero-order valence-electron chi connectivity index (χ0n) is 13.9. The van der Waals surface area contributed by atoms with Crippen LogP contribution in [0.4, 0.5) is 0 Å². The van der Waals surface area contributed by atoms with Gasteiger partial charge in [-0.05, 0) is 43.5 Å². The number of aryl methyl sites for hydroxylation is 1. The van der Waals surface area contributed by atoms with E-state index < -0.39 is 10.0 Å². The second-order valence-electron chi connectivity index (χ2n) is 5.19. The molecule has 0 saturated heterocycles. The van der Waals surface area contributed by atoms with Gasteiger partial charge in [-0.3, -0.25) is 0 Å². The van der Waals surface area contributed by atoms with Crippen molar-refractivity contribution in [2.75, 3.05) is 13.3 Å². The minimum Gasteiger partial charge on any atom is -0.488 e. The van der Waals surface area contributed by atoms with Crippen molar-refractivity contribution in [3.63, 3.8) is 0 Å². The van der Waals surface area contributed by atoms with Crippen molar-refractivity contribution in [1.82, 2.24) is 4.72 Å². The van der Waals surface area contributed by atoms with Crippen molar-refractivity contribution in [2.24, 2.45) is 0 Å². The molecule has 0 aliphatic carbocycles. The maximum absolute atomic E-state index is 12.1. The first-order valence-electron chi connectivity index (χ1n) is 7.43. The fourth-order valence-electron chi connectivity index (χ4n) is 2.09. The van der Waals surface area contributed by atoms with Crippen LogP contribution in [0.25, 0.3) is 6.08 Å². The van der Waals surface area contributed by atoms with Gasteiger partial charge in [0.05, 0.1) is 0 Å². The van der Waals surface area contributed by atoms with Gasteiger partial charge in [0.2, 0.25) is 10.0 Å². The van der Waals surface area contributed by atoms with Crippen molar-refractivity contribution in [1.29, 1.82) is 0 Å². The molecule has 0 radical (unpaired) electrons. The molecule has 0 unspecified atom stereocenters. The molecule has 0 aliphatic heterocycles. The van der Waals surface area contributed by atoms with Crippen LogP contribution in [-0.2, 0) is 16.6 Å². The van der Waals surface area contributed by atoms with E-state index in [4.69, 9.17) is 4.74 Å². The Bertz CT molecular complexity index is 815. The summed E-state index contributed by atoms with van der Waals surface area (Å²) < 4.78 is 32.6. The molecule has 0 atom stereocenters. The molecule has 0 aromatic heterocycles. The van der Waals surface area contributed by atoms with E-state index in [0.717, 1.165) is 16.7 Å². The van der Waals surface area contributed by atoms with Crippen molar-refractivity contribution < 1.29 is 13.2 Å². The highest BCUT2D eigenvalue weighted by molar-refractivity contribution is 8.17. The summed E-state index contributed by atoms with van der Waals surface area (Å²) in [6, 6.07) is 15.6. The molecule has 0 amide bonds. The third kappa shape index (κ3) is 4.87. The summed E-state index contributed by atoms with van der Waals surface area (Å²) >= 11 is 1.18. The van der Waals surface area contributed by atoms with Crippen LogP contribution in [0.1, 0.15) is 16.7 Å². The maximum Gasteiger partial charge on any atom is 0.246 e. The van der Waals surface area contributed by atoms with Crippen LogP contribution in [0, 0.1) is 6.92 Å². The number of benzene rings is 2. The first-order valence-corrected chi connectivity index (χ1v) is 10.1. The van der Waals surface area contributed by atoms with Crippen LogP contribution in [0.15, 0.2) is 52.8 Å². The highest BCUT2D eigenvalue weighted by Crippen LogP contribution is 2.28. The molecular formula is C18H21NO3S2. The molecule has 24 heavy (non-hydrogen) atoms. The molecular weight excluding hydrogens is 342 g/mol. The second-order valence-corrected chi connectivity index (χ2v) is 8.15. The molecule has 0 spiro atoms. The van der Waals surface area contributed by atoms with Crippen LogP contribution >= 0.6 is 11.8 Å².